The molecule has 0 atom stereocenters. The maximum atomic E-state index is 11.2. The zero-order valence-corrected chi connectivity index (χ0v) is 14.4. The quantitative estimate of drug-likeness (QED) is 0.378. The largest absolute Gasteiger partial charge is 0.495 e. The molecule has 0 bridgehead atoms. The number of carbonyl (C=O) groups excluding carboxylic acids is 1. The van der Waals surface area contributed by atoms with Crippen LogP contribution in [0.25, 0.3) is 6.08 Å². The van der Waals surface area contributed by atoms with Crippen LogP contribution in [0.1, 0.15) is 11.1 Å². The molecular formula is C20H20N2O3. The lowest BCUT2D eigenvalue weighted by atomic mass is 10.1. The molecule has 0 saturated heterocycles. The number of hydrogen-bond donors (Lipinski definition) is 2. The molecule has 5 nitrogen and oxygen atoms in total. The van der Waals surface area contributed by atoms with E-state index in [2.05, 4.69) is 27.5 Å². The zero-order valence-electron chi connectivity index (χ0n) is 14.4. The van der Waals surface area contributed by atoms with Crippen LogP contribution in [0.5, 0.6) is 5.75 Å². The minimum absolute atomic E-state index is 0.408. The molecule has 5 heteroatoms. The molecule has 128 valence electrons. The van der Waals surface area contributed by atoms with Crippen LogP contribution in [0.15, 0.2) is 48.5 Å². The summed E-state index contributed by atoms with van der Waals surface area (Å²) >= 11 is 0. The van der Waals surface area contributed by atoms with E-state index in [1.165, 1.54) is 13.2 Å². The van der Waals surface area contributed by atoms with Crippen molar-refractivity contribution in [1.29, 1.82) is 0 Å². The highest BCUT2D eigenvalue weighted by Gasteiger charge is 2.01. The van der Waals surface area contributed by atoms with Gasteiger partial charge in [0.2, 0.25) is 0 Å². The van der Waals surface area contributed by atoms with E-state index in [4.69, 9.17) is 4.74 Å². The maximum absolute atomic E-state index is 11.2. The molecule has 2 aromatic carbocycles. The Labute approximate surface area is 147 Å². The lowest BCUT2D eigenvalue weighted by molar-refractivity contribution is -0.134. The standard InChI is InChI=1S/C20H20N2O3/c1-15-8-10-19(24-2)18(14-15)22-13-12-21-17-7-5-4-6-16(17)9-11-20(23)25-3/h4-11,14,21-22H,1-3H3. The molecule has 2 rings (SSSR count). The number of rotatable bonds is 5. The third kappa shape index (κ3) is 5.33. The molecule has 0 fully saturated rings. The second-order valence-electron chi connectivity index (χ2n) is 5.15. The monoisotopic (exact) mass is 336 g/mol. The van der Waals surface area contributed by atoms with E-state index in [-0.39, 0.29) is 0 Å². The summed E-state index contributed by atoms with van der Waals surface area (Å²) in [5.74, 6) is 0.315. The number of hydrogen-bond acceptors (Lipinski definition) is 5. The van der Waals surface area contributed by atoms with Crippen molar-refractivity contribution in [2.75, 3.05) is 24.9 Å². The first kappa shape index (κ1) is 18.0. The number of methoxy groups -OCH3 is 2. The number of para-hydroxylation sites is 1. The molecule has 0 aromatic heterocycles. The highest BCUT2D eigenvalue weighted by molar-refractivity contribution is 5.88. The van der Waals surface area contributed by atoms with Crippen molar-refractivity contribution in [2.24, 2.45) is 0 Å². The Balaban J connectivity index is 2.08. The van der Waals surface area contributed by atoms with E-state index >= 15 is 0 Å². The summed E-state index contributed by atoms with van der Waals surface area (Å²) in [6, 6.07) is 19.0. The summed E-state index contributed by atoms with van der Waals surface area (Å²) < 4.78 is 9.89. The SMILES string of the molecule is COC(=O)C=Cc1ccccc1NC#CNc1cc(C)ccc1OC. The van der Waals surface area contributed by atoms with Gasteiger partial charge in [-0.3, -0.25) is 0 Å². The molecule has 0 amide bonds. The van der Waals surface area contributed by atoms with Crippen molar-refractivity contribution in [3.63, 3.8) is 0 Å². The molecule has 0 aliphatic heterocycles. The lowest BCUT2D eigenvalue weighted by Crippen LogP contribution is -1.97. The summed E-state index contributed by atoms with van der Waals surface area (Å²) in [7, 11) is 2.96. The molecule has 0 spiro atoms. The minimum Gasteiger partial charge on any atom is -0.495 e. The average Bonchev–Trinajstić information content (AvgIpc) is 2.64. The van der Waals surface area contributed by atoms with Crippen molar-refractivity contribution in [3.05, 3.63) is 59.7 Å². The van der Waals surface area contributed by atoms with Crippen LogP contribution < -0.4 is 15.4 Å². The predicted octanol–water partition coefficient (Wildman–Crippen LogP) is 3.63. The highest BCUT2D eigenvalue weighted by Crippen LogP contribution is 2.24. The van der Waals surface area contributed by atoms with Crippen molar-refractivity contribution >= 4 is 23.4 Å². The summed E-state index contributed by atoms with van der Waals surface area (Å²) in [4.78, 5) is 11.2. The molecule has 0 aliphatic carbocycles. The number of aryl methyl sites for hydroxylation is 1. The third-order valence-electron chi connectivity index (χ3n) is 3.37. The third-order valence-corrected chi connectivity index (χ3v) is 3.37. The first-order valence-electron chi connectivity index (χ1n) is 7.65. The first-order valence-corrected chi connectivity index (χ1v) is 7.65. The Morgan fingerprint density at radius 2 is 1.76 bits per heavy atom. The van der Waals surface area contributed by atoms with Gasteiger partial charge in [0.1, 0.15) is 5.75 Å². The van der Waals surface area contributed by atoms with Gasteiger partial charge in [0.05, 0.1) is 25.6 Å². The van der Waals surface area contributed by atoms with Crippen LogP contribution in [0.4, 0.5) is 11.4 Å². The van der Waals surface area contributed by atoms with Crippen LogP contribution in [0.3, 0.4) is 0 Å². The van der Waals surface area contributed by atoms with Gasteiger partial charge in [-0.25, -0.2) is 4.79 Å². The number of nitrogens with one attached hydrogen (secondary N) is 2. The molecule has 0 heterocycles. The maximum Gasteiger partial charge on any atom is 0.330 e. The predicted molar refractivity (Wildman–Crippen MR) is 100 cm³/mol. The Kier molecular flexibility index (Phi) is 6.49. The van der Waals surface area contributed by atoms with Crippen molar-refractivity contribution in [2.45, 2.75) is 6.92 Å². The summed E-state index contributed by atoms with van der Waals surface area (Å²) in [5, 5.41) is 6.02. The molecule has 0 aliphatic rings. The van der Waals surface area contributed by atoms with Gasteiger partial charge in [0, 0.05) is 18.2 Å². The van der Waals surface area contributed by atoms with Gasteiger partial charge >= 0.3 is 5.97 Å². The number of ether oxygens (including phenoxy) is 2. The van der Waals surface area contributed by atoms with Crippen LogP contribution in [0, 0.1) is 19.0 Å². The Bertz CT molecular complexity index is 832. The number of anilines is 2. The van der Waals surface area contributed by atoms with Gasteiger partial charge in [0.15, 0.2) is 0 Å². The van der Waals surface area contributed by atoms with Gasteiger partial charge in [0.25, 0.3) is 0 Å². The van der Waals surface area contributed by atoms with Crippen LogP contribution in [-0.4, -0.2) is 20.2 Å². The van der Waals surface area contributed by atoms with Gasteiger partial charge < -0.3 is 20.1 Å². The zero-order chi connectivity index (χ0) is 18.1. The number of benzene rings is 2. The fraction of sp³-hybridized carbons (Fsp3) is 0.150. The van der Waals surface area contributed by atoms with Crippen molar-refractivity contribution < 1.29 is 14.3 Å². The van der Waals surface area contributed by atoms with Crippen LogP contribution >= 0.6 is 0 Å². The minimum atomic E-state index is -0.408. The molecule has 2 N–H and O–H groups in total. The Hall–Kier alpha value is -3.39. The molecule has 0 unspecified atom stereocenters. The van der Waals surface area contributed by atoms with E-state index in [1.807, 2.05) is 49.4 Å². The topological polar surface area (TPSA) is 59.6 Å². The van der Waals surface area contributed by atoms with Gasteiger partial charge in [-0.2, -0.15) is 0 Å². The van der Waals surface area contributed by atoms with E-state index in [0.29, 0.717) is 0 Å². The highest BCUT2D eigenvalue weighted by atomic mass is 16.5. The molecular weight excluding hydrogens is 316 g/mol. The van der Waals surface area contributed by atoms with E-state index in [0.717, 1.165) is 28.3 Å². The number of esters is 1. The van der Waals surface area contributed by atoms with E-state index in [1.54, 1.807) is 13.2 Å². The summed E-state index contributed by atoms with van der Waals surface area (Å²) in [6.45, 7) is 2.00. The van der Waals surface area contributed by atoms with Gasteiger partial charge in [-0.1, -0.05) is 24.3 Å². The molecule has 2 aromatic rings. The second-order valence-corrected chi connectivity index (χ2v) is 5.15. The molecule has 0 radical (unpaired) electrons. The van der Waals surface area contributed by atoms with Crippen LogP contribution in [-0.2, 0) is 9.53 Å². The summed E-state index contributed by atoms with van der Waals surface area (Å²) in [5.41, 5.74) is 3.52. The van der Waals surface area contributed by atoms with Crippen LogP contribution in [0.2, 0.25) is 0 Å². The second kappa shape index (κ2) is 9.04. The fourth-order valence-electron chi connectivity index (χ4n) is 2.10. The summed E-state index contributed by atoms with van der Waals surface area (Å²) in [6.07, 6.45) is 3.04. The number of carbonyl (C=O) groups is 1. The van der Waals surface area contributed by atoms with Crippen molar-refractivity contribution in [3.8, 4) is 17.8 Å². The Morgan fingerprint density at radius 3 is 2.48 bits per heavy atom. The normalized spacial score (nSPS) is 9.88. The van der Waals surface area contributed by atoms with Crippen molar-refractivity contribution in [1.82, 2.24) is 0 Å². The van der Waals surface area contributed by atoms with Gasteiger partial charge in [-0.15, -0.1) is 0 Å². The first-order chi connectivity index (χ1) is 12.1. The average molecular weight is 336 g/mol. The van der Waals surface area contributed by atoms with E-state index < -0.39 is 5.97 Å². The molecule has 0 saturated carbocycles. The Morgan fingerprint density at radius 1 is 1.04 bits per heavy atom. The lowest BCUT2D eigenvalue weighted by Gasteiger charge is -2.07. The fourth-order valence-corrected chi connectivity index (χ4v) is 2.10. The van der Waals surface area contributed by atoms with E-state index in [9.17, 15) is 4.79 Å². The smallest absolute Gasteiger partial charge is 0.330 e. The van der Waals surface area contributed by atoms with Gasteiger partial charge in [-0.05, 0) is 42.3 Å². The molecule has 25 heavy (non-hydrogen) atoms.